The number of pyridine rings is 1. The summed E-state index contributed by atoms with van der Waals surface area (Å²) in [6.07, 6.45) is 5.76. The van der Waals surface area contributed by atoms with Crippen LogP contribution in [0.2, 0.25) is 0 Å². The Balaban J connectivity index is 1.61. The predicted molar refractivity (Wildman–Crippen MR) is 77.4 cm³/mol. The maximum absolute atomic E-state index is 4.34. The van der Waals surface area contributed by atoms with E-state index in [2.05, 4.69) is 28.4 Å². The van der Waals surface area contributed by atoms with E-state index in [0.717, 1.165) is 18.6 Å². The molecule has 3 heterocycles. The summed E-state index contributed by atoms with van der Waals surface area (Å²) in [5, 5.41) is 11.0. The third-order valence-corrected chi connectivity index (χ3v) is 4.15. The summed E-state index contributed by atoms with van der Waals surface area (Å²) in [5.41, 5.74) is 2.39. The smallest absolute Gasteiger partial charge is 0.0965 e. The molecular weight excluding hydrogens is 256 g/mol. The minimum absolute atomic E-state index is 0.446. The van der Waals surface area contributed by atoms with Gasteiger partial charge in [-0.1, -0.05) is 13.0 Å². The maximum atomic E-state index is 4.34. The van der Waals surface area contributed by atoms with Crippen LogP contribution in [0.3, 0.4) is 0 Å². The highest BCUT2D eigenvalue weighted by Crippen LogP contribution is 2.17. The predicted octanol–water partition coefficient (Wildman–Crippen LogP) is 2.68. The first-order valence-corrected chi connectivity index (χ1v) is 7.24. The van der Waals surface area contributed by atoms with Crippen LogP contribution in [0.5, 0.6) is 0 Å². The molecule has 0 aliphatic carbocycles. The first kappa shape index (κ1) is 12.3. The van der Waals surface area contributed by atoms with Crippen LogP contribution in [-0.4, -0.2) is 21.1 Å². The molecule has 0 bridgehead atoms. The first-order chi connectivity index (χ1) is 9.34. The van der Waals surface area contributed by atoms with Crippen LogP contribution in [0.25, 0.3) is 5.52 Å². The van der Waals surface area contributed by atoms with Crippen molar-refractivity contribution < 1.29 is 0 Å². The lowest BCUT2D eigenvalue weighted by Gasteiger charge is -2.09. The molecule has 4 nitrogen and oxygen atoms in total. The van der Waals surface area contributed by atoms with Gasteiger partial charge >= 0.3 is 0 Å². The number of rotatable bonds is 5. The zero-order chi connectivity index (χ0) is 13.1. The summed E-state index contributed by atoms with van der Waals surface area (Å²) in [4.78, 5) is 4.34. The van der Waals surface area contributed by atoms with Crippen molar-refractivity contribution in [2.24, 2.45) is 0 Å². The number of nitrogens with one attached hydrogen (secondary N) is 1. The SMILES string of the molecule is CC(CNCc1cnn2ccccc12)c1nccs1. The van der Waals surface area contributed by atoms with Gasteiger partial charge in [0.15, 0.2) is 0 Å². The fourth-order valence-corrected chi connectivity index (χ4v) is 2.81. The Bertz CT molecular complexity index is 644. The maximum Gasteiger partial charge on any atom is 0.0965 e. The van der Waals surface area contributed by atoms with Crippen LogP contribution in [-0.2, 0) is 6.54 Å². The quantitative estimate of drug-likeness (QED) is 0.776. The Morgan fingerprint density at radius 3 is 3.21 bits per heavy atom. The zero-order valence-corrected chi connectivity index (χ0v) is 11.6. The van der Waals surface area contributed by atoms with E-state index in [9.17, 15) is 0 Å². The van der Waals surface area contributed by atoms with Crippen LogP contribution in [0.1, 0.15) is 23.4 Å². The molecule has 1 atom stereocenters. The van der Waals surface area contributed by atoms with E-state index in [4.69, 9.17) is 0 Å². The van der Waals surface area contributed by atoms with Crippen LogP contribution in [0, 0.1) is 0 Å². The fourth-order valence-electron chi connectivity index (χ4n) is 2.11. The highest BCUT2D eigenvalue weighted by molar-refractivity contribution is 7.09. The second kappa shape index (κ2) is 5.50. The van der Waals surface area contributed by atoms with E-state index in [1.54, 1.807) is 11.3 Å². The fraction of sp³-hybridized carbons (Fsp3) is 0.286. The molecule has 0 saturated carbocycles. The average Bonchev–Trinajstić information content (AvgIpc) is 3.08. The van der Waals surface area contributed by atoms with Crippen molar-refractivity contribution in [3.05, 3.63) is 52.7 Å². The molecule has 0 saturated heterocycles. The van der Waals surface area contributed by atoms with Gasteiger partial charge in [-0.15, -0.1) is 11.3 Å². The van der Waals surface area contributed by atoms with E-state index < -0.39 is 0 Å². The molecule has 3 aromatic heterocycles. The molecule has 0 amide bonds. The Hall–Kier alpha value is -1.72. The van der Waals surface area contributed by atoms with Gasteiger partial charge in [0.2, 0.25) is 0 Å². The van der Waals surface area contributed by atoms with Crippen LogP contribution in [0.15, 0.2) is 42.2 Å². The van der Waals surface area contributed by atoms with E-state index in [1.807, 2.05) is 40.6 Å². The molecule has 0 fully saturated rings. The number of nitrogens with zero attached hydrogens (tertiary/aromatic N) is 3. The van der Waals surface area contributed by atoms with Gasteiger partial charge in [0, 0.05) is 42.3 Å². The number of aromatic nitrogens is 3. The Morgan fingerprint density at radius 2 is 2.37 bits per heavy atom. The molecule has 98 valence electrons. The minimum Gasteiger partial charge on any atom is -0.312 e. The lowest BCUT2D eigenvalue weighted by Crippen LogP contribution is -2.19. The summed E-state index contributed by atoms with van der Waals surface area (Å²) in [5.74, 6) is 0.446. The van der Waals surface area contributed by atoms with E-state index in [-0.39, 0.29) is 0 Å². The van der Waals surface area contributed by atoms with Crippen molar-refractivity contribution in [3.8, 4) is 0 Å². The molecule has 0 aliphatic heterocycles. The second-order valence-corrected chi connectivity index (χ2v) is 5.53. The number of fused-ring (bicyclic) bond motifs is 1. The highest BCUT2D eigenvalue weighted by Gasteiger charge is 2.08. The Labute approximate surface area is 116 Å². The van der Waals surface area contributed by atoms with E-state index in [1.165, 1.54) is 10.6 Å². The van der Waals surface area contributed by atoms with Crippen molar-refractivity contribution in [1.82, 2.24) is 19.9 Å². The Kier molecular flexibility index (Phi) is 3.57. The summed E-state index contributed by atoms with van der Waals surface area (Å²) in [7, 11) is 0. The standard InChI is InChI=1S/C14H16N4S/c1-11(14-16-5-7-19-14)8-15-9-12-10-17-18-6-3-2-4-13(12)18/h2-7,10-11,15H,8-9H2,1H3. The monoisotopic (exact) mass is 272 g/mol. The normalized spacial score (nSPS) is 12.9. The van der Waals surface area contributed by atoms with Gasteiger partial charge in [-0.25, -0.2) is 9.50 Å². The number of hydrogen-bond acceptors (Lipinski definition) is 4. The summed E-state index contributed by atoms with van der Waals surface area (Å²) >= 11 is 1.71. The summed E-state index contributed by atoms with van der Waals surface area (Å²) in [6.45, 7) is 3.96. The molecule has 0 aromatic carbocycles. The van der Waals surface area contributed by atoms with Crippen LogP contribution < -0.4 is 5.32 Å². The molecule has 0 spiro atoms. The summed E-state index contributed by atoms with van der Waals surface area (Å²) in [6, 6.07) is 6.12. The van der Waals surface area contributed by atoms with E-state index in [0.29, 0.717) is 5.92 Å². The Morgan fingerprint density at radius 1 is 1.42 bits per heavy atom. The lowest BCUT2D eigenvalue weighted by atomic mass is 10.2. The van der Waals surface area contributed by atoms with Crippen molar-refractivity contribution in [2.75, 3.05) is 6.54 Å². The second-order valence-electron chi connectivity index (χ2n) is 4.60. The summed E-state index contributed by atoms with van der Waals surface area (Å²) < 4.78 is 1.90. The third kappa shape index (κ3) is 2.67. The first-order valence-electron chi connectivity index (χ1n) is 6.36. The van der Waals surface area contributed by atoms with Crippen molar-refractivity contribution in [3.63, 3.8) is 0 Å². The topological polar surface area (TPSA) is 42.2 Å². The molecule has 0 aliphatic rings. The molecule has 0 radical (unpaired) electrons. The minimum atomic E-state index is 0.446. The molecular formula is C14H16N4S. The van der Waals surface area contributed by atoms with Gasteiger partial charge in [0.1, 0.15) is 0 Å². The number of thiazole rings is 1. The molecule has 3 aromatic rings. The average molecular weight is 272 g/mol. The zero-order valence-electron chi connectivity index (χ0n) is 10.8. The number of hydrogen-bond donors (Lipinski definition) is 1. The van der Waals surface area contributed by atoms with Gasteiger partial charge in [0.05, 0.1) is 16.7 Å². The van der Waals surface area contributed by atoms with Gasteiger partial charge in [-0.3, -0.25) is 0 Å². The molecule has 1 N–H and O–H groups in total. The van der Waals surface area contributed by atoms with Crippen LogP contribution in [0.4, 0.5) is 0 Å². The molecule has 19 heavy (non-hydrogen) atoms. The highest BCUT2D eigenvalue weighted by atomic mass is 32.1. The van der Waals surface area contributed by atoms with Gasteiger partial charge in [0.25, 0.3) is 0 Å². The van der Waals surface area contributed by atoms with Gasteiger partial charge < -0.3 is 5.32 Å². The van der Waals surface area contributed by atoms with Gasteiger partial charge in [-0.05, 0) is 12.1 Å². The molecule has 1 unspecified atom stereocenters. The lowest BCUT2D eigenvalue weighted by molar-refractivity contribution is 0.614. The van der Waals surface area contributed by atoms with Crippen molar-refractivity contribution >= 4 is 16.9 Å². The largest absolute Gasteiger partial charge is 0.312 e. The van der Waals surface area contributed by atoms with Crippen molar-refractivity contribution in [2.45, 2.75) is 19.4 Å². The van der Waals surface area contributed by atoms with Crippen LogP contribution >= 0.6 is 11.3 Å². The third-order valence-electron chi connectivity index (χ3n) is 3.15. The van der Waals surface area contributed by atoms with Crippen molar-refractivity contribution in [1.29, 1.82) is 0 Å². The van der Waals surface area contributed by atoms with E-state index >= 15 is 0 Å². The van der Waals surface area contributed by atoms with Gasteiger partial charge in [-0.2, -0.15) is 5.10 Å². The molecule has 5 heteroatoms. The molecule has 3 rings (SSSR count).